The van der Waals surface area contributed by atoms with Crippen molar-refractivity contribution in [2.45, 2.75) is 77.2 Å². The first-order valence-corrected chi connectivity index (χ1v) is 16.0. The Kier molecular flexibility index (Phi) is 9.51. The second-order valence-corrected chi connectivity index (χ2v) is 11.7. The van der Waals surface area contributed by atoms with Gasteiger partial charge in [0.1, 0.15) is 11.2 Å². The van der Waals surface area contributed by atoms with Crippen LogP contribution in [0.1, 0.15) is 68.9 Å². The number of nitrogens with one attached hydrogen (secondary N) is 2. The van der Waals surface area contributed by atoms with Gasteiger partial charge in [-0.25, -0.2) is 4.68 Å². The molecule has 7 heteroatoms. The minimum atomic E-state index is -0.0116. The minimum Gasteiger partial charge on any atom is -0.309 e. The van der Waals surface area contributed by atoms with E-state index in [2.05, 4.69) is 39.8 Å². The molecule has 0 spiro atoms. The topological polar surface area (TPSA) is 96.5 Å². The van der Waals surface area contributed by atoms with Gasteiger partial charge in [-0.15, -0.1) is 10.2 Å². The van der Waals surface area contributed by atoms with Gasteiger partial charge in [-0.05, 0) is 42.9 Å². The first kappa shape index (κ1) is 29.4. The van der Waals surface area contributed by atoms with E-state index < -0.39 is 0 Å². The highest BCUT2D eigenvalue weighted by Gasteiger charge is 2.18. The van der Waals surface area contributed by atoms with Crippen LogP contribution >= 0.6 is 0 Å². The Labute approximate surface area is 258 Å². The first-order chi connectivity index (χ1) is 21.7. The molecule has 5 aromatic rings. The van der Waals surface area contributed by atoms with E-state index in [1.807, 2.05) is 65.3 Å². The second kappa shape index (κ2) is 14.2. The third kappa shape index (κ3) is 6.94. The van der Waals surface area contributed by atoms with E-state index in [0.29, 0.717) is 17.7 Å². The number of hydrogen-bond acceptors (Lipinski definition) is 5. The summed E-state index contributed by atoms with van der Waals surface area (Å²) >= 11 is 0. The van der Waals surface area contributed by atoms with Crippen molar-refractivity contribution in [3.63, 3.8) is 0 Å². The van der Waals surface area contributed by atoms with Gasteiger partial charge >= 0.3 is 0 Å². The Balaban J connectivity index is 0.885. The smallest absolute Gasteiger partial charge is 0.225 e. The maximum Gasteiger partial charge on any atom is 0.225 e. The first-order valence-electron chi connectivity index (χ1n) is 16.0. The Morgan fingerprint density at radius 3 is 2.18 bits per heavy atom. The van der Waals surface area contributed by atoms with Gasteiger partial charge < -0.3 is 5.32 Å². The van der Waals surface area contributed by atoms with Crippen molar-refractivity contribution >= 4 is 22.5 Å². The quantitative estimate of drug-likeness (QED) is 0.138. The number of unbranched alkanes of at least 4 members (excludes halogenated alkanes) is 7. The molecule has 2 N–H and O–H groups in total. The molecule has 1 aliphatic carbocycles. The van der Waals surface area contributed by atoms with Crippen molar-refractivity contribution in [2.24, 2.45) is 0 Å². The van der Waals surface area contributed by atoms with E-state index in [0.717, 1.165) is 79.2 Å². The predicted molar refractivity (Wildman–Crippen MR) is 176 cm³/mol. The summed E-state index contributed by atoms with van der Waals surface area (Å²) in [6.45, 7) is 0.790. The van der Waals surface area contributed by atoms with Crippen molar-refractivity contribution in [3.05, 3.63) is 102 Å². The van der Waals surface area contributed by atoms with E-state index in [4.69, 9.17) is 10.5 Å². The molecule has 0 unspecified atom stereocenters. The Hall–Kier alpha value is -4.65. The van der Waals surface area contributed by atoms with Crippen LogP contribution in [0.5, 0.6) is 0 Å². The maximum absolute atomic E-state index is 12.7. The van der Waals surface area contributed by atoms with Gasteiger partial charge in [0.25, 0.3) is 0 Å². The molecule has 0 saturated heterocycles. The number of anilines is 1. The van der Waals surface area contributed by atoms with Crippen LogP contribution in [-0.4, -0.2) is 25.9 Å². The summed E-state index contributed by atoms with van der Waals surface area (Å²) in [4.78, 5) is 12.7. The van der Waals surface area contributed by atoms with Crippen LogP contribution in [0.25, 0.3) is 33.3 Å². The number of amides is 1. The summed E-state index contributed by atoms with van der Waals surface area (Å²) in [5.74, 6) is 0.513. The van der Waals surface area contributed by atoms with Gasteiger partial charge in [-0.3, -0.25) is 10.2 Å². The molecule has 3 aromatic carbocycles. The molecule has 44 heavy (non-hydrogen) atoms. The third-order valence-electron chi connectivity index (χ3n) is 8.57. The van der Waals surface area contributed by atoms with Crippen molar-refractivity contribution in [1.29, 1.82) is 5.41 Å². The number of aromatic nitrogens is 4. The van der Waals surface area contributed by atoms with Crippen molar-refractivity contribution < 1.29 is 4.79 Å². The molecule has 0 saturated carbocycles. The molecule has 0 fully saturated rings. The van der Waals surface area contributed by atoms with Crippen LogP contribution < -0.4 is 10.8 Å². The third-order valence-corrected chi connectivity index (χ3v) is 8.57. The number of aryl methyl sites for hydroxylation is 3. The van der Waals surface area contributed by atoms with Crippen LogP contribution in [0.15, 0.2) is 84.9 Å². The minimum absolute atomic E-state index is 0.0116. The Morgan fingerprint density at radius 1 is 0.705 bits per heavy atom. The van der Waals surface area contributed by atoms with Gasteiger partial charge in [-0.2, -0.15) is 5.10 Å². The zero-order chi connectivity index (χ0) is 30.1. The Morgan fingerprint density at radius 2 is 1.36 bits per heavy atom. The molecule has 0 radical (unpaired) electrons. The highest BCUT2D eigenvalue weighted by atomic mass is 16.1. The number of carbonyl (C=O) groups excluding carboxylic acids is 1. The lowest BCUT2D eigenvalue weighted by molar-refractivity contribution is -0.116. The summed E-state index contributed by atoms with van der Waals surface area (Å²) in [7, 11) is 0. The highest BCUT2D eigenvalue weighted by molar-refractivity contribution is 6.04. The van der Waals surface area contributed by atoms with E-state index in [9.17, 15) is 4.79 Å². The number of fused-ring (bicyclic) bond motifs is 4. The predicted octanol–water partition coefficient (Wildman–Crippen LogP) is 7.89. The van der Waals surface area contributed by atoms with Crippen LogP contribution in [0.3, 0.4) is 0 Å². The number of rotatable bonds is 13. The van der Waals surface area contributed by atoms with E-state index in [1.54, 1.807) is 0 Å². The van der Waals surface area contributed by atoms with E-state index in [1.165, 1.54) is 36.0 Å². The van der Waals surface area contributed by atoms with Crippen molar-refractivity contribution in [2.75, 3.05) is 5.32 Å². The van der Waals surface area contributed by atoms with Crippen LogP contribution in [0, 0.1) is 5.41 Å². The number of carbonyl (C=O) groups is 1. The fourth-order valence-electron chi connectivity index (χ4n) is 6.18. The maximum atomic E-state index is 12.7. The lowest BCUT2D eigenvalue weighted by Crippen LogP contribution is -2.25. The molecular weight excluding hydrogens is 544 g/mol. The van der Waals surface area contributed by atoms with E-state index in [-0.39, 0.29) is 5.91 Å². The molecule has 1 aliphatic rings. The second-order valence-electron chi connectivity index (χ2n) is 11.7. The van der Waals surface area contributed by atoms with Gasteiger partial charge in [0.15, 0.2) is 5.82 Å². The highest BCUT2D eigenvalue weighted by Crippen LogP contribution is 2.31. The summed E-state index contributed by atoms with van der Waals surface area (Å²) in [6.07, 6.45) is 11.3. The molecule has 6 rings (SSSR count). The van der Waals surface area contributed by atoms with Crippen molar-refractivity contribution in [3.8, 4) is 22.5 Å². The molecule has 0 bridgehead atoms. The largest absolute Gasteiger partial charge is 0.309 e. The van der Waals surface area contributed by atoms with Crippen LogP contribution in [0.4, 0.5) is 5.82 Å². The zero-order valence-electron chi connectivity index (χ0n) is 25.3. The SMILES string of the molecule is N=c1cc2c(nn1CCCCCCCCCCC(=O)Nc1nnc(-c3ccccc3)c3ccccc13)-c1ccccc1CC2. The normalized spacial score (nSPS) is 12.1. The molecule has 1 amide bonds. The standard InChI is InChI=1S/C37H40N6O/c38-33-26-29-24-23-27-16-11-12-19-30(27)36(29)42-43(33)25-15-6-4-2-1-3-5-10-22-34(44)39-37-32-21-14-13-20-31(32)35(40-41-37)28-17-8-7-9-18-28/h7-9,11-14,16-21,26,38H,1-6,10,15,22-25H2,(H,39,41,44). The van der Waals surface area contributed by atoms with Gasteiger partial charge in [-0.1, -0.05) is 117 Å². The van der Waals surface area contributed by atoms with Gasteiger partial charge in [0.2, 0.25) is 5.91 Å². The molecule has 7 nitrogen and oxygen atoms in total. The number of hydrogen-bond donors (Lipinski definition) is 2. The molecule has 0 aliphatic heterocycles. The summed E-state index contributed by atoms with van der Waals surface area (Å²) in [5, 5.41) is 27.0. The molecule has 2 aromatic heterocycles. The van der Waals surface area contributed by atoms with E-state index >= 15 is 0 Å². The monoisotopic (exact) mass is 584 g/mol. The van der Waals surface area contributed by atoms with Gasteiger partial charge in [0.05, 0.1) is 5.69 Å². The molecule has 2 heterocycles. The lowest BCUT2D eigenvalue weighted by atomic mass is 9.89. The molecule has 0 atom stereocenters. The number of nitrogens with zero attached hydrogens (tertiary/aromatic N) is 4. The number of benzene rings is 3. The van der Waals surface area contributed by atoms with Crippen LogP contribution in [-0.2, 0) is 24.2 Å². The average Bonchev–Trinajstić information content (AvgIpc) is 3.06. The van der Waals surface area contributed by atoms with Gasteiger partial charge in [0, 0.05) is 34.9 Å². The zero-order valence-corrected chi connectivity index (χ0v) is 25.3. The fraction of sp³-hybridized carbons (Fsp3) is 0.324. The summed E-state index contributed by atoms with van der Waals surface area (Å²) in [6, 6.07) is 28.5. The summed E-state index contributed by atoms with van der Waals surface area (Å²) < 4.78 is 1.87. The Bertz CT molecular complexity index is 1800. The van der Waals surface area contributed by atoms with Crippen molar-refractivity contribution in [1.82, 2.24) is 20.0 Å². The fourth-order valence-corrected chi connectivity index (χ4v) is 6.18. The molecular formula is C37H40N6O. The lowest BCUT2D eigenvalue weighted by Gasteiger charge is -2.20. The molecule has 224 valence electrons. The van der Waals surface area contributed by atoms with Crippen LogP contribution in [0.2, 0.25) is 0 Å². The average molecular weight is 585 g/mol. The summed E-state index contributed by atoms with van der Waals surface area (Å²) in [5.41, 5.74) is 7.17.